The molecule has 0 aromatic rings. The molecule has 1 N–H and O–H groups in total. The van der Waals surface area contributed by atoms with E-state index in [0.29, 0.717) is 0 Å². The standard InChI is InChI=1S/C12H22O4Si/c1-5-10(8-9-17(2,3)4)16-12(15)7-6-11(13)14/h6-7,10H,5,8-9H2,1-4H3,(H,13,14)/b7-6+. The normalized spacial score (nSPS) is 13.6. The zero-order valence-electron chi connectivity index (χ0n) is 11.0. The Morgan fingerprint density at radius 2 is 1.88 bits per heavy atom. The van der Waals surface area contributed by atoms with E-state index in [0.717, 1.165) is 31.0 Å². The quantitative estimate of drug-likeness (QED) is 0.433. The predicted octanol–water partition coefficient (Wildman–Crippen LogP) is 2.68. The molecular weight excluding hydrogens is 236 g/mol. The van der Waals surface area contributed by atoms with Gasteiger partial charge in [-0.1, -0.05) is 32.6 Å². The van der Waals surface area contributed by atoms with Crippen molar-refractivity contribution in [3.05, 3.63) is 12.2 Å². The van der Waals surface area contributed by atoms with Crippen molar-refractivity contribution in [3.8, 4) is 0 Å². The Hall–Kier alpha value is -1.10. The van der Waals surface area contributed by atoms with Crippen molar-refractivity contribution in [2.45, 2.75) is 51.6 Å². The van der Waals surface area contributed by atoms with Crippen LogP contribution in [0.15, 0.2) is 12.2 Å². The number of aliphatic carboxylic acids is 1. The summed E-state index contributed by atoms with van der Waals surface area (Å²) in [5.74, 6) is -1.72. The van der Waals surface area contributed by atoms with Crippen LogP contribution in [0.4, 0.5) is 0 Å². The molecule has 0 rings (SSSR count). The molecule has 0 radical (unpaired) electrons. The third-order valence-corrected chi connectivity index (χ3v) is 4.11. The molecule has 0 saturated heterocycles. The summed E-state index contributed by atoms with van der Waals surface area (Å²) in [5.41, 5.74) is 0. The van der Waals surface area contributed by atoms with Crippen LogP contribution in [0, 0.1) is 0 Å². The summed E-state index contributed by atoms with van der Waals surface area (Å²) in [4.78, 5) is 21.5. The molecule has 0 aliphatic carbocycles. The van der Waals surface area contributed by atoms with Crippen molar-refractivity contribution in [3.63, 3.8) is 0 Å². The third-order valence-electron chi connectivity index (χ3n) is 2.32. The number of esters is 1. The second-order valence-corrected chi connectivity index (χ2v) is 10.9. The Morgan fingerprint density at radius 1 is 1.29 bits per heavy atom. The van der Waals surface area contributed by atoms with Gasteiger partial charge < -0.3 is 9.84 Å². The van der Waals surface area contributed by atoms with Gasteiger partial charge in [-0.25, -0.2) is 9.59 Å². The second-order valence-electron chi connectivity index (χ2n) is 5.24. The van der Waals surface area contributed by atoms with Crippen molar-refractivity contribution in [2.24, 2.45) is 0 Å². The minimum atomic E-state index is -1.14. The number of carbonyl (C=O) groups excluding carboxylic acids is 1. The highest BCUT2D eigenvalue weighted by molar-refractivity contribution is 6.76. The van der Waals surface area contributed by atoms with E-state index in [9.17, 15) is 9.59 Å². The minimum absolute atomic E-state index is 0.104. The maximum absolute atomic E-state index is 11.3. The van der Waals surface area contributed by atoms with Crippen molar-refractivity contribution < 1.29 is 19.4 Å². The largest absolute Gasteiger partial charge is 0.478 e. The minimum Gasteiger partial charge on any atom is -0.478 e. The highest BCUT2D eigenvalue weighted by Crippen LogP contribution is 2.16. The molecule has 1 atom stereocenters. The zero-order valence-corrected chi connectivity index (χ0v) is 12.0. The van der Waals surface area contributed by atoms with Crippen molar-refractivity contribution in [1.82, 2.24) is 0 Å². The fourth-order valence-electron chi connectivity index (χ4n) is 1.28. The highest BCUT2D eigenvalue weighted by atomic mass is 28.3. The Morgan fingerprint density at radius 3 is 2.29 bits per heavy atom. The Bertz CT molecular complexity index is 291. The molecule has 4 nitrogen and oxygen atoms in total. The van der Waals surface area contributed by atoms with E-state index in [4.69, 9.17) is 9.84 Å². The van der Waals surface area contributed by atoms with Crippen molar-refractivity contribution in [1.29, 1.82) is 0 Å². The maximum Gasteiger partial charge on any atom is 0.331 e. The first kappa shape index (κ1) is 15.9. The molecule has 0 heterocycles. The average Bonchev–Trinajstić information content (AvgIpc) is 2.19. The Balaban J connectivity index is 4.13. The summed E-state index contributed by atoms with van der Waals surface area (Å²) in [6, 6.07) is 1.10. The van der Waals surface area contributed by atoms with Gasteiger partial charge in [0.05, 0.1) is 0 Å². The molecule has 5 heteroatoms. The number of carboxylic acid groups (broad SMARTS) is 1. The first-order valence-electron chi connectivity index (χ1n) is 5.86. The van der Waals surface area contributed by atoms with E-state index < -0.39 is 20.0 Å². The van der Waals surface area contributed by atoms with Gasteiger partial charge in [0.25, 0.3) is 0 Å². The summed E-state index contributed by atoms with van der Waals surface area (Å²) in [7, 11) is -1.13. The molecule has 0 aromatic carbocycles. The van der Waals surface area contributed by atoms with Crippen LogP contribution in [0.3, 0.4) is 0 Å². The van der Waals surface area contributed by atoms with Gasteiger partial charge in [-0.15, -0.1) is 0 Å². The lowest BCUT2D eigenvalue weighted by atomic mass is 10.2. The summed E-state index contributed by atoms with van der Waals surface area (Å²) >= 11 is 0. The van der Waals surface area contributed by atoms with Crippen LogP contribution in [0.2, 0.25) is 25.7 Å². The van der Waals surface area contributed by atoms with Gasteiger partial charge in [0.2, 0.25) is 0 Å². The summed E-state index contributed by atoms with van der Waals surface area (Å²) in [6.45, 7) is 8.77. The van der Waals surface area contributed by atoms with E-state index in [1.54, 1.807) is 0 Å². The number of hydrogen-bond donors (Lipinski definition) is 1. The smallest absolute Gasteiger partial charge is 0.331 e. The van der Waals surface area contributed by atoms with Gasteiger partial charge in [-0.3, -0.25) is 0 Å². The molecule has 0 fully saturated rings. The monoisotopic (exact) mass is 258 g/mol. The van der Waals surface area contributed by atoms with E-state index in [1.807, 2.05) is 6.92 Å². The summed E-state index contributed by atoms with van der Waals surface area (Å²) in [5, 5.41) is 8.37. The molecule has 17 heavy (non-hydrogen) atoms. The zero-order chi connectivity index (χ0) is 13.5. The van der Waals surface area contributed by atoms with Crippen molar-refractivity contribution in [2.75, 3.05) is 0 Å². The van der Waals surface area contributed by atoms with Gasteiger partial charge in [0.1, 0.15) is 6.10 Å². The van der Waals surface area contributed by atoms with Crippen LogP contribution in [0.5, 0.6) is 0 Å². The molecular formula is C12H22O4Si. The fraction of sp³-hybridized carbons (Fsp3) is 0.667. The van der Waals surface area contributed by atoms with Gasteiger partial charge in [0, 0.05) is 20.2 Å². The summed E-state index contributed by atoms with van der Waals surface area (Å²) < 4.78 is 5.18. The van der Waals surface area contributed by atoms with E-state index in [-0.39, 0.29) is 6.10 Å². The topological polar surface area (TPSA) is 63.6 Å². The van der Waals surface area contributed by atoms with Crippen LogP contribution in [-0.4, -0.2) is 31.2 Å². The average molecular weight is 258 g/mol. The lowest BCUT2D eigenvalue weighted by Gasteiger charge is -2.20. The first-order valence-corrected chi connectivity index (χ1v) is 9.57. The molecule has 1 unspecified atom stereocenters. The predicted molar refractivity (Wildman–Crippen MR) is 69.7 cm³/mol. The highest BCUT2D eigenvalue weighted by Gasteiger charge is 2.17. The SMILES string of the molecule is CCC(CC[Si](C)(C)C)OC(=O)/C=C/C(=O)O. The molecule has 0 aliphatic rings. The first-order chi connectivity index (χ1) is 7.74. The van der Waals surface area contributed by atoms with Gasteiger partial charge >= 0.3 is 11.9 Å². The molecule has 0 spiro atoms. The molecule has 0 aromatic heterocycles. The maximum atomic E-state index is 11.3. The van der Waals surface area contributed by atoms with Gasteiger partial charge in [-0.05, 0) is 12.8 Å². The van der Waals surface area contributed by atoms with Gasteiger partial charge in [-0.2, -0.15) is 0 Å². The van der Waals surface area contributed by atoms with Crippen LogP contribution < -0.4 is 0 Å². The van der Waals surface area contributed by atoms with Crippen molar-refractivity contribution >= 4 is 20.0 Å². The van der Waals surface area contributed by atoms with Gasteiger partial charge in [0.15, 0.2) is 0 Å². The van der Waals surface area contributed by atoms with Crippen LogP contribution in [0.25, 0.3) is 0 Å². The van der Waals surface area contributed by atoms with Crippen LogP contribution in [-0.2, 0) is 14.3 Å². The number of carbonyl (C=O) groups is 2. The molecule has 0 amide bonds. The number of hydrogen-bond acceptors (Lipinski definition) is 3. The van der Waals surface area contributed by atoms with E-state index in [1.165, 1.54) is 0 Å². The van der Waals surface area contributed by atoms with E-state index in [2.05, 4.69) is 19.6 Å². The lowest BCUT2D eigenvalue weighted by Crippen LogP contribution is -2.24. The van der Waals surface area contributed by atoms with E-state index >= 15 is 0 Å². The van der Waals surface area contributed by atoms with Crippen LogP contribution >= 0.6 is 0 Å². The molecule has 0 aliphatic heterocycles. The molecule has 0 bridgehead atoms. The molecule has 98 valence electrons. The third kappa shape index (κ3) is 9.80. The number of carboxylic acids is 1. The molecule has 0 saturated carbocycles. The second kappa shape index (κ2) is 7.27. The van der Waals surface area contributed by atoms with Crippen LogP contribution in [0.1, 0.15) is 19.8 Å². The number of ether oxygens (including phenoxy) is 1. The lowest BCUT2D eigenvalue weighted by molar-refractivity contribution is -0.143. The Kier molecular flexibility index (Phi) is 6.80. The number of rotatable bonds is 7. The summed E-state index contributed by atoms with van der Waals surface area (Å²) in [6.07, 6.45) is 3.27. The fourth-order valence-corrected chi connectivity index (χ4v) is 2.47. The Labute approximate surface area is 104 Å².